The summed E-state index contributed by atoms with van der Waals surface area (Å²) in [5, 5.41) is 0. The van der Waals surface area contributed by atoms with Crippen molar-refractivity contribution in [3.05, 3.63) is 0 Å². The third-order valence-electron chi connectivity index (χ3n) is 3.02. The molecule has 84 valence electrons. The minimum atomic E-state index is -0.188. The molecule has 0 saturated carbocycles. The fourth-order valence-corrected chi connectivity index (χ4v) is 2.06. The van der Waals surface area contributed by atoms with Crippen LogP contribution in [0.3, 0.4) is 0 Å². The summed E-state index contributed by atoms with van der Waals surface area (Å²) in [7, 11) is 1.70. The molecule has 1 aliphatic heterocycles. The molecule has 0 aromatic rings. The summed E-state index contributed by atoms with van der Waals surface area (Å²) in [6, 6.07) is 0. The van der Waals surface area contributed by atoms with Crippen LogP contribution in [0.5, 0.6) is 0 Å². The minimum absolute atomic E-state index is 0.188. The van der Waals surface area contributed by atoms with Crippen LogP contribution in [0.2, 0.25) is 0 Å². The molecule has 0 radical (unpaired) electrons. The Labute approximate surface area is 85.7 Å². The lowest BCUT2D eigenvalue weighted by atomic mass is 9.83. The molecule has 0 aliphatic carbocycles. The normalized spacial score (nSPS) is 30.2. The van der Waals surface area contributed by atoms with E-state index in [1.807, 2.05) is 0 Å². The van der Waals surface area contributed by atoms with Crippen LogP contribution in [-0.2, 0) is 14.3 Å². The van der Waals surface area contributed by atoms with E-state index in [0.717, 1.165) is 19.4 Å². The smallest absolute Gasteiger partial charge is 0.0962 e. The highest BCUT2D eigenvalue weighted by Gasteiger charge is 2.38. The van der Waals surface area contributed by atoms with Gasteiger partial charge in [0.25, 0.3) is 0 Å². The summed E-state index contributed by atoms with van der Waals surface area (Å²) in [6.07, 6.45) is 3.37. The number of methoxy groups -OCH3 is 1. The minimum Gasteiger partial charge on any atom is -0.382 e. The number of hydrogen-bond acceptors (Lipinski definition) is 4. The molecule has 2 atom stereocenters. The van der Waals surface area contributed by atoms with E-state index in [2.05, 4.69) is 6.92 Å². The molecule has 1 fully saturated rings. The molecular formula is C10H21NO3. The van der Waals surface area contributed by atoms with Crippen LogP contribution in [0.15, 0.2) is 0 Å². The van der Waals surface area contributed by atoms with Crippen LogP contribution in [0, 0.1) is 5.92 Å². The maximum Gasteiger partial charge on any atom is 0.0962 e. The summed E-state index contributed by atoms with van der Waals surface area (Å²) >= 11 is 0. The van der Waals surface area contributed by atoms with E-state index in [-0.39, 0.29) is 11.5 Å². The van der Waals surface area contributed by atoms with Gasteiger partial charge in [-0.15, -0.1) is 0 Å². The average Bonchev–Trinajstić information content (AvgIpc) is 2.20. The van der Waals surface area contributed by atoms with E-state index in [1.54, 1.807) is 7.11 Å². The third kappa shape index (κ3) is 2.67. The van der Waals surface area contributed by atoms with Crippen molar-refractivity contribution in [2.75, 3.05) is 26.9 Å². The summed E-state index contributed by atoms with van der Waals surface area (Å²) in [5.74, 6) is 5.37. The lowest BCUT2D eigenvalue weighted by molar-refractivity contribution is -0.157. The maximum atomic E-state index is 5.86. The predicted molar refractivity (Wildman–Crippen MR) is 53.7 cm³/mol. The van der Waals surface area contributed by atoms with E-state index < -0.39 is 0 Å². The Morgan fingerprint density at radius 2 is 2.29 bits per heavy atom. The van der Waals surface area contributed by atoms with Gasteiger partial charge in [-0.05, 0) is 19.3 Å². The zero-order valence-electron chi connectivity index (χ0n) is 9.12. The van der Waals surface area contributed by atoms with Gasteiger partial charge in [0, 0.05) is 19.6 Å². The highest BCUT2D eigenvalue weighted by molar-refractivity contribution is 4.88. The Hall–Kier alpha value is -0.160. The molecule has 0 bridgehead atoms. The summed E-state index contributed by atoms with van der Waals surface area (Å²) < 4.78 is 11.1. The lowest BCUT2D eigenvalue weighted by Gasteiger charge is -2.41. The van der Waals surface area contributed by atoms with Gasteiger partial charge >= 0.3 is 0 Å². The highest BCUT2D eigenvalue weighted by Crippen LogP contribution is 2.32. The van der Waals surface area contributed by atoms with Crippen molar-refractivity contribution in [3.8, 4) is 0 Å². The molecule has 14 heavy (non-hydrogen) atoms. The van der Waals surface area contributed by atoms with Crippen molar-refractivity contribution >= 4 is 0 Å². The van der Waals surface area contributed by atoms with Crippen molar-refractivity contribution in [3.63, 3.8) is 0 Å². The number of ether oxygens (including phenoxy) is 2. The monoisotopic (exact) mass is 203 g/mol. The SMILES string of the molecule is COCC1(C(C)CON)CCCCO1. The van der Waals surface area contributed by atoms with Crippen molar-refractivity contribution in [1.29, 1.82) is 0 Å². The predicted octanol–water partition coefficient (Wildman–Crippen LogP) is 1.10. The van der Waals surface area contributed by atoms with Crippen LogP contribution in [0.25, 0.3) is 0 Å². The lowest BCUT2D eigenvalue weighted by Crippen LogP contribution is -2.48. The summed E-state index contributed by atoms with van der Waals surface area (Å²) in [5.41, 5.74) is -0.188. The Morgan fingerprint density at radius 1 is 1.50 bits per heavy atom. The van der Waals surface area contributed by atoms with Crippen molar-refractivity contribution in [2.24, 2.45) is 11.8 Å². The molecule has 4 nitrogen and oxygen atoms in total. The average molecular weight is 203 g/mol. The molecule has 0 aromatic heterocycles. The van der Waals surface area contributed by atoms with Crippen molar-refractivity contribution in [2.45, 2.75) is 31.8 Å². The van der Waals surface area contributed by atoms with Crippen molar-refractivity contribution < 1.29 is 14.3 Å². The second kappa shape index (κ2) is 5.66. The maximum absolute atomic E-state index is 5.86. The van der Waals surface area contributed by atoms with E-state index in [9.17, 15) is 0 Å². The molecule has 1 aliphatic rings. The van der Waals surface area contributed by atoms with Crippen LogP contribution >= 0.6 is 0 Å². The largest absolute Gasteiger partial charge is 0.382 e. The van der Waals surface area contributed by atoms with E-state index in [1.165, 1.54) is 6.42 Å². The Morgan fingerprint density at radius 3 is 2.79 bits per heavy atom. The van der Waals surface area contributed by atoms with Crippen molar-refractivity contribution in [1.82, 2.24) is 0 Å². The van der Waals surface area contributed by atoms with Gasteiger partial charge in [-0.2, -0.15) is 0 Å². The molecule has 0 amide bonds. The van der Waals surface area contributed by atoms with Gasteiger partial charge in [0.2, 0.25) is 0 Å². The fraction of sp³-hybridized carbons (Fsp3) is 1.00. The second-order valence-electron chi connectivity index (χ2n) is 4.04. The molecular weight excluding hydrogens is 182 g/mol. The number of hydrogen-bond donors (Lipinski definition) is 1. The van der Waals surface area contributed by atoms with Crippen LogP contribution in [0.4, 0.5) is 0 Å². The van der Waals surface area contributed by atoms with Gasteiger partial charge < -0.3 is 14.3 Å². The molecule has 1 saturated heterocycles. The summed E-state index contributed by atoms with van der Waals surface area (Å²) in [4.78, 5) is 4.69. The molecule has 4 heteroatoms. The Balaban J connectivity index is 2.58. The quantitative estimate of drug-likeness (QED) is 0.680. The highest BCUT2D eigenvalue weighted by atomic mass is 16.6. The molecule has 0 spiro atoms. The van der Waals surface area contributed by atoms with Gasteiger partial charge in [0.15, 0.2) is 0 Å². The molecule has 2 N–H and O–H groups in total. The standard InChI is InChI=1S/C10H21NO3/c1-9(7-14-11)10(8-12-2)5-3-4-6-13-10/h9H,3-8,11H2,1-2H3. The van der Waals surface area contributed by atoms with E-state index in [4.69, 9.17) is 20.2 Å². The first-order valence-electron chi connectivity index (χ1n) is 5.20. The Bertz CT molecular complexity index is 152. The van der Waals surface area contributed by atoms with Crippen LogP contribution in [-0.4, -0.2) is 32.5 Å². The third-order valence-corrected chi connectivity index (χ3v) is 3.02. The van der Waals surface area contributed by atoms with Gasteiger partial charge in [0.05, 0.1) is 18.8 Å². The first-order valence-corrected chi connectivity index (χ1v) is 5.20. The zero-order valence-corrected chi connectivity index (χ0v) is 9.12. The molecule has 0 aromatic carbocycles. The first-order chi connectivity index (χ1) is 6.75. The first kappa shape index (κ1) is 11.9. The zero-order chi connectivity index (χ0) is 10.4. The van der Waals surface area contributed by atoms with Crippen LogP contribution in [0.1, 0.15) is 26.2 Å². The van der Waals surface area contributed by atoms with Gasteiger partial charge in [0.1, 0.15) is 0 Å². The van der Waals surface area contributed by atoms with Gasteiger partial charge in [-0.1, -0.05) is 6.92 Å². The second-order valence-corrected chi connectivity index (χ2v) is 4.04. The van der Waals surface area contributed by atoms with Gasteiger partial charge in [-0.25, -0.2) is 5.90 Å². The Kier molecular flexibility index (Phi) is 4.81. The topological polar surface area (TPSA) is 53.7 Å². The number of nitrogens with two attached hydrogens (primary N) is 1. The van der Waals surface area contributed by atoms with E-state index >= 15 is 0 Å². The summed E-state index contributed by atoms with van der Waals surface area (Å²) in [6.45, 7) is 4.05. The molecule has 2 unspecified atom stereocenters. The van der Waals surface area contributed by atoms with Gasteiger partial charge in [-0.3, -0.25) is 0 Å². The molecule has 1 heterocycles. The number of rotatable bonds is 5. The van der Waals surface area contributed by atoms with E-state index in [0.29, 0.717) is 13.2 Å². The molecule has 1 rings (SSSR count). The fourth-order valence-electron chi connectivity index (χ4n) is 2.06. The van der Waals surface area contributed by atoms with Crippen LogP contribution < -0.4 is 5.90 Å².